The second-order valence-electron chi connectivity index (χ2n) is 5.07. The maximum atomic E-state index is 12.3. The van der Waals surface area contributed by atoms with E-state index < -0.39 is 0 Å². The smallest absolute Gasteiger partial charge is 0.264 e. The SMILES string of the molecule is O=C(c1cccs1)N1CCN(C(=S)c2cccc(Br)c2)CC1. The van der Waals surface area contributed by atoms with Crippen molar-refractivity contribution < 1.29 is 4.79 Å². The van der Waals surface area contributed by atoms with Crippen molar-refractivity contribution in [3.63, 3.8) is 0 Å². The maximum Gasteiger partial charge on any atom is 0.264 e. The lowest BCUT2D eigenvalue weighted by molar-refractivity contribution is 0.0698. The number of carbonyl (C=O) groups is 1. The summed E-state index contributed by atoms with van der Waals surface area (Å²) < 4.78 is 1.03. The molecular formula is C16H15BrN2OS2. The van der Waals surface area contributed by atoms with Crippen molar-refractivity contribution in [2.24, 2.45) is 0 Å². The van der Waals surface area contributed by atoms with Gasteiger partial charge in [0, 0.05) is 36.2 Å². The van der Waals surface area contributed by atoms with Gasteiger partial charge in [0.1, 0.15) is 4.99 Å². The molecule has 0 spiro atoms. The molecule has 1 aromatic carbocycles. The van der Waals surface area contributed by atoms with Gasteiger partial charge in [-0.05, 0) is 23.6 Å². The Bertz CT molecular complexity index is 679. The zero-order valence-corrected chi connectivity index (χ0v) is 15.1. The topological polar surface area (TPSA) is 23.6 Å². The first-order valence-electron chi connectivity index (χ1n) is 7.03. The zero-order valence-electron chi connectivity index (χ0n) is 11.9. The molecule has 0 bridgehead atoms. The second kappa shape index (κ2) is 6.89. The van der Waals surface area contributed by atoms with Crippen LogP contribution in [0.25, 0.3) is 0 Å². The number of carbonyl (C=O) groups excluding carboxylic acids is 1. The number of benzene rings is 1. The van der Waals surface area contributed by atoms with Crippen LogP contribution in [0.5, 0.6) is 0 Å². The lowest BCUT2D eigenvalue weighted by Gasteiger charge is -2.36. The fourth-order valence-electron chi connectivity index (χ4n) is 2.47. The third-order valence-electron chi connectivity index (χ3n) is 3.66. The Morgan fingerprint density at radius 1 is 1.09 bits per heavy atom. The van der Waals surface area contributed by atoms with E-state index in [4.69, 9.17) is 12.2 Å². The molecule has 2 heterocycles. The Hall–Kier alpha value is -1.24. The molecule has 1 aliphatic rings. The quantitative estimate of drug-likeness (QED) is 0.726. The third-order valence-corrected chi connectivity index (χ3v) is 5.50. The number of piperazine rings is 1. The molecule has 114 valence electrons. The molecule has 1 aliphatic heterocycles. The van der Waals surface area contributed by atoms with Crippen molar-refractivity contribution in [2.45, 2.75) is 0 Å². The fraction of sp³-hybridized carbons (Fsp3) is 0.250. The summed E-state index contributed by atoms with van der Waals surface area (Å²) in [5.74, 6) is 0.128. The van der Waals surface area contributed by atoms with Gasteiger partial charge in [0.15, 0.2) is 0 Å². The minimum Gasteiger partial charge on any atom is -0.359 e. The first-order valence-corrected chi connectivity index (χ1v) is 9.11. The van der Waals surface area contributed by atoms with E-state index in [9.17, 15) is 4.79 Å². The van der Waals surface area contributed by atoms with Gasteiger partial charge >= 0.3 is 0 Å². The van der Waals surface area contributed by atoms with Crippen LogP contribution in [0.3, 0.4) is 0 Å². The van der Waals surface area contributed by atoms with Gasteiger partial charge in [-0.25, -0.2) is 0 Å². The minimum absolute atomic E-state index is 0.128. The van der Waals surface area contributed by atoms with Crippen LogP contribution in [-0.4, -0.2) is 46.9 Å². The van der Waals surface area contributed by atoms with E-state index in [0.29, 0.717) is 13.1 Å². The van der Waals surface area contributed by atoms with Crippen LogP contribution in [0.1, 0.15) is 15.2 Å². The van der Waals surface area contributed by atoms with Gasteiger partial charge in [0.2, 0.25) is 0 Å². The molecule has 0 N–H and O–H groups in total. The second-order valence-corrected chi connectivity index (χ2v) is 7.32. The molecule has 1 saturated heterocycles. The molecule has 0 radical (unpaired) electrons. The van der Waals surface area contributed by atoms with Gasteiger partial charge in [0.05, 0.1) is 4.88 Å². The molecule has 0 aliphatic carbocycles. The summed E-state index contributed by atoms with van der Waals surface area (Å²) in [5.41, 5.74) is 1.04. The van der Waals surface area contributed by atoms with Crippen LogP contribution in [0.2, 0.25) is 0 Å². The summed E-state index contributed by atoms with van der Waals surface area (Å²) in [5, 5.41) is 1.94. The van der Waals surface area contributed by atoms with Gasteiger partial charge in [-0.15, -0.1) is 11.3 Å². The number of thiocarbonyl (C=S) groups is 1. The van der Waals surface area contributed by atoms with Gasteiger partial charge in [-0.1, -0.05) is 46.3 Å². The van der Waals surface area contributed by atoms with Crippen LogP contribution < -0.4 is 0 Å². The monoisotopic (exact) mass is 394 g/mol. The Balaban J connectivity index is 1.62. The molecule has 1 amide bonds. The predicted molar refractivity (Wildman–Crippen MR) is 97.6 cm³/mol. The molecule has 2 aromatic rings. The van der Waals surface area contributed by atoms with Crippen molar-refractivity contribution >= 4 is 50.4 Å². The number of thiophene rings is 1. The Morgan fingerprint density at radius 2 is 1.82 bits per heavy atom. The largest absolute Gasteiger partial charge is 0.359 e. The summed E-state index contributed by atoms with van der Waals surface area (Å²) in [7, 11) is 0. The normalized spacial score (nSPS) is 15.0. The van der Waals surface area contributed by atoms with E-state index in [1.165, 1.54) is 11.3 Å². The van der Waals surface area contributed by atoms with Crippen molar-refractivity contribution in [3.8, 4) is 0 Å². The first-order chi connectivity index (χ1) is 10.6. The van der Waals surface area contributed by atoms with Crippen LogP contribution in [0.15, 0.2) is 46.3 Å². The number of rotatable bonds is 2. The van der Waals surface area contributed by atoms with E-state index in [0.717, 1.165) is 33.0 Å². The summed E-state index contributed by atoms with van der Waals surface area (Å²) in [6.45, 7) is 2.99. The van der Waals surface area contributed by atoms with Crippen LogP contribution in [0.4, 0.5) is 0 Å². The Kier molecular flexibility index (Phi) is 4.90. The van der Waals surface area contributed by atoms with Crippen LogP contribution in [0, 0.1) is 0 Å². The number of halogens is 1. The average Bonchev–Trinajstić information content (AvgIpc) is 3.08. The summed E-state index contributed by atoms with van der Waals surface area (Å²) in [4.78, 5) is 18.1. The molecule has 1 aromatic heterocycles. The molecular weight excluding hydrogens is 380 g/mol. The molecule has 6 heteroatoms. The van der Waals surface area contributed by atoms with E-state index in [1.807, 2.05) is 46.7 Å². The number of hydrogen-bond donors (Lipinski definition) is 0. The van der Waals surface area contributed by atoms with E-state index in [-0.39, 0.29) is 5.91 Å². The number of amides is 1. The molecule has 3 nitrogen and oxygen atoms in total. The van der Waals surface area contributed by atoms with E-state index in [2.05, 4.69) is 20.8 Å². The molecule has 0 saturated carbocycles. The van der Waals surface area contributed by atoms with Crippen molar-refractivity contribution in [3.05, 3.63) is 56.7 Å². The fourth-order valence-corrected chi connectivity index (χ4v) is 3.87. The van der Waals surface area contributed by atoms with Crippen molar-refractivity contribution in [2.75, 3.05) is 26.2 Å². The third kappa shape index (κ3) is 3.39. The standard InChI is InChI=1S/C16H15BrN2OS2/c17-13-4-1-3-12(11-13)16(21)19-8-6-18(7-9-19)15(20)14-5-2-10-22-14/h1-5,10-11H,6-9H2. The average molecular weight is 395 g/mol. The lowest BCUT2D eigenvalue weighted by atomic mass is 10.2. The highest BCUT2D eigenvalue weighted by atomic mass is 79.9. The van der Waals surface area contributed by atoms with Gasteiger partial charge in [-0.3, -0.25) is 4.79 Å². The molecule has 22 heavy (non-hydrogen) atoms. The molecule has 0 unspecified atom stereocenters. The van der Waals surface area contributed by atoms with Gasteiger partial charge in [-0.2, -0.15) is 0 Å². The van der Waals surface area contributed by atoms with E-state index >= 15 is 0 Å². The number of hydrogen-bond acceptors (Lipinski definition) is 3. The highest BCUT2D eigenvalue weighted by molar-refractivity contribution is 9.10. The highest BCUT2D eigenvalue weighted by Crippen LogP contribution is 2.17. The molecule has 1 fully saturated rings. The highest BCUT2D eigenvalue weighted by Gasteiger charge is 2.24. The van der Waals surface area contributed by atoms with Crippen molar-refractivity contribution in [1.29, 1.82) is 0 Å². The summed E-state index contributed by atoms with van der Waals surface area (Å²) in [6.07, 6.45) is 0. The number of nitrogens with zero attached hydrogens (tertiary/aromatic N) is 2. The Labute approximate surface area is 147 Å². The van der Waals surface area contributed by atoms with E-state index in [1.54, 1.807) is 0 Å². The predicted octanol–water partition coefficient (Wildman–Crippen LogP) is 3.64. The summed E-state index contributed by atoms with van der Waals surface area (Å²) in [6, 6.07) is 11.8. The maximum absolute atomic E-state index is 12.3. The lowest BCUT2D eigenvalue weighted by Crippen LogP contribution is -2.50. The molecule has 0 atom stereocenters. The van der Waals surface area contributed by atoms with Gasteiger partial charge in [0.25, 0.3) is 5.91 Å². The first kappa shape index (κ1) is 15.6. The Morgan fingerprint density at radius 3 is 2.45 bits per heavy atom. The van der Waals surface area contributed by atoms with Crippen LogP contribution >= 0.6 is 39.5 Å². The van der Waals surface area contributed by atoms with Crippen LogP contribution in [-0.2, 0) is 0 Å². The zero-order chi connectivity index (χ0) is 15.5. The van der Waals surface area contributed by atoms with Crippen molar-refractivity contribution in [1.82, 2.24) is 9.80 Å². The summed E-state index contributed by atoms with van der Waals surface area (Å²) >= 11 is 10.6. The molecule has 3 rings (SSSR count). The van der Waals surface area contributed by atoms with Gasteiger partial charge < -0.3 is 9.80 Å². The minimum atomic E-state index is 0.128.